The molecule has 3 rings (SSSR count). The van der Waals surface area contributed by atoms with Crippen LogP contribution in [0.3, 0.4) is 0 Å². The first-order valence-electron chi connectivity index (χ1n) is 7.17. The molecule has 1 aromatic heterocycles. The maximum absolute atomic E-state index is 6.07. The predicted octanol–water partition coefficient (Wildman–Crippen LogP) is 3.30. The molecule has 1 aliphatic rings. The van der Waals surface area contributed by atoms with Gasteiger partial charge in [0, 0.05) is 23.8 Å². The van der Waals surface area contributed by atoms with Gasteiger partial charge >= 0.3 is 0 Å². The number of benzene rings is 1. The second-order valence-corrected chi connectivity index (χ2v) is 5.95. The minimum atomic E-state index is -0.570. The van der Waals surface area contributed by atoms with E-state index in [0.717, 1.165) is 17.9 Å². The molecule has 5 heteroatoms. The summed E-state index contributed by atoms with van der Waals surface area (Å²) in [6.07, 6.45) is 7.30. The first-order chi connectivity index (χ1) is 10.2. The Morgan fingerprint density at radius 3 is 2.81 bits per heavy atom. The lowest BCUT2D eigenvalue weighted by Gasteiger charge is -2.28. The Hall–Kier alpha value is -1.36. The molecule has 112 valence electrons. The van der Waals surface area contributed by atoms with Crippen molar-refractivity contribution in [2.45, 2.75) is 38.2 Å². The van der Waals surface area contributed by atoms with Gasteiger partial charge in [0.2, 0.25) is 0 Å². The predicted molar refractivity (Wildman–Crippen MR) is 81.2 cm³/mol. The summed E-state index contributed by atoms with van der Waals surface area (Å²) < 4.78 is 14.0. The number of hydrogen-bond donors (Lipinski definition) is 0. The van der Waals surface area contributed by atoms with Gasteiger partial charge in [-0.3, -0.25) is 0 Å². The molecule has 0 unspecified atom stereocenters. The highest BCUT2D eigenvalue weighted by Crippen LogP contribution is 2.30. The molecular weight excluding hydrogens is 288 g/mol. The third kappa shape index (κ3) is 3.64. The third-order valence-corrected chi connectivity index (χ3v) is 3.94. The zero-order valence-electron chi connectivity index (χ0n) is 12.0. The van der Waals surface area contributed by atoms with Crippen LogP contribution >= 0.6 is 11.6 Å². The van der Waals surface area contributed by atoms with Gasteiger partial charge in [0.15, 0.2) is 5.79 Å². The Labute approximate surface area is 129 Å². The van der Waals surface area contributed by atoms with Crippen LogP contribution in [0.5, 0.6) is 0 Å². The van der Waals surface area contributed by atoms with Crippen LogP contribution in [0, 0.1) is 0 Å². The van der Waals surface area contributed by atoms with E-state index in [-0.39, 0.29) is 6.10 Å². The number of aromatic nitrogens is 2. The first kappa shape index (κ1) is 14.6. The standard InChI is InChI=1S/C16H19ClN2O2/c1-13-10-20-16(21-13,11-19-9-8-18-12-19)7-6-14-2-4-15(17)5-3-14/h2-5,8-9,12-13H,6-7,10-11H2,1H3/t13-,16+/m0/s1. The fraction of sp³-hybridized carbons (Fsp3) is 0.438. The lowest BCUT2D eigenvalue weighted by Crippen LogP contribution is -2.36. The van der Waals surface area contributed by atoms with Gasteiger partial charge in [-0.2, -0.15) is 0 Å². The fourth-order valence-electron chi connectivity index (χ4n) is 2.64. The highest BCUT2D eigenvalue weighted by atomic mass is 35.5. The van der Waals surface area contributed by atoms with E-state index < -0.39 is 5.79 Å². The molecule has 1 saturated heterocycles. The molecule has 2 heterocycles. The minimum absolute atomic E-state index is 0.124. The maximum atomic E-state index is 6.07. The van der Waals surface area contributed by atoms with Gasteiger partial charge in [-0.15, -0.1) is 0 Å². The number of hydrogen-bond acceptors (Lipinski definition) is 3. The Morgan fingerprint density at radius 1 is 1.38 bits per heavy atom. The van der Waals surface area contributed by atoms with Crippen molar-refractivity contribution in [3.63, 3.8) is 0 Å². The summed E-state index contributed by atoms with van der Waals surface area (Å²) in [6, 6.07) is 7.92. The van der Waals surface area contributed by atoms with E-state index in [1.165, 1.54) is 5.56 Å². The monoisotopic (exact) mass is 306 g/mol. The minimum Gasteiger partial charge on any atom is -0.345 e. The SMILES string of the molecule is C[C@H]1CO[C@@](CCc2ccc(Cl)cc2)(Cn2ccnc2)O1. The van der Waals surface area contributed by atoms with Crippen LogP contribution in [0.2, 0.25) is 5.02 Å². The van der Waals surface area contributed by atoms with Crippen molar-refractivity contribution in [1.82, 2.24) is 9.55 Å². The van der Waals surface area contributed by atoms with E-state index in [9.17, 15) is 0 Å². The summed E-state index contributed by atoms with van der Waals surface area (Å²) in [7, 11) is 0. The molecule has 1 aromatic carbocycles. The summed E-state index contributed by atoms with van der Waals surface area (Å²) in [6.45, 7) is 3.33. The molecule has 0 spiro atoms. The van der Waals surface area contributed by atoms with E-state index in [0.29, 0.717) is 13.2 Å². The van der Waals surface area contributed by atoms with E-state index in [4.69, 9.17) is 21.1 Å². The van der Waals surface area contributed by atoms with Crippen LogP contribution in [0.4, 0.5) is 0 Å². The molecule has 0 saturated carbocycles. The van der Waals surface area contributed by atoms with Gasteiger partial charge in [0.1, 0.15) is 0 Å². The van der Waals surface area contributed by atoms with Gasteiger partial charge in [-0.05, 0) is 31.0 Å². The van der Waals surface area contributed by atoms with E-state index >= 15 is 0 Å². The van der Waals surface area contributed by atoms with Gasteiger partial charge in [-0.1, -0.05) is 23.7 Å². The molecular formula is C16H19ClN2O2. The van der Waals surface area contributed by atoms with Crippen molar-refractivity contribution in [3.05, 3.63) is 53.6 Å². The number of ether oxygens (including phenoxy) is 2. The Kier molecular flexibility index (Phi) is 4.29. The molecule has 2 atom stereocenters. The summed E-state index contributed by atoms with van der Waals surface area (Å²) in [5.41, 5.74) is 1.23. The smallest absolute Gasteiger partial charge is 0.187 e. The quantitative estimate of drug-likeness (QED) is 0.850. The number of aryl methyl sites for hydroxylation is 1. The lowest BCUT2D eigenvalue weighted by molar-refractivity contribution is -0.180. The van der Waals surface area contributed by atoms with Crippen LogP contribution in [-0.2, 0) is 22.4 Å². The highest BCUT2D eigenvalue weighted by molar-refractivity contribution is 6.30. The second kappa shape index (κ2) is 6.18. The molecule has 1 fully saturated rings. The van der Waals surface area contributed by atoms with Crippen molar-refractivity contribution in [1.29, 1.82) is 0 Å². The normalized spacial score (nSPS) is 25.3. The van der Waals surface area contributed by atoms with E-state index in [2.05, 4.69) is 4.98 Å². The summed E-state index contributed by atoms with van der Waals surface area (Å²) in [4.78, 5) is 4.08. The molecule has 0 bridgehead atoms. The Morgan fingerprint density at radius 2 is 2.19 bits per heavy atom. The molecule has 21 heavy (non-hydrogen) atoms. The molecule has 4 nitrogen and oxygen atoms in total. The molecule has 0 N–H and O–H groups in total. The molecule has 1 aliphatic heterocycles. The van der Waals surface area contributed by atoms with Crippen LogP contribution in [0.15, 0.2) is 43.0 Å². The third-order valence-electron chi connectivity index (χ3n) is 3.69. The first-order valence-corrected chi connectivity index (χ1v) is 7.55. The molecule has 0 amide bonds. The van der Waals surface area contributed by atoms with Crippen LogP contribution in [0.25, 0.3) is 0 Å². The second-order valence-electron chi connectivity index (χ2n) is 5.51. The average molecular weight is 307 g/mol. The van der Waals surface area contributed by atoms with Crippen LogP contribution < -0.4 is 0 Å². The lowest BCUT2D eigenvalue weighted by atomic mass is 10.0. The van der Waals surface area contributed by atoms with Crippen LogP contribution in [0.1, 0.15) is 18.9 Å². The summed E-state index contributed by atoms with van der Waals surface area (Å²) in [5, 5.41) is 0.758. The fourth-order valence-corrected chi connectivity index (χ4v) is 2.77. The number of rotatable bonds is 5. The van der Waals surface area contributed by atoms with Crippen molar-refractivity contribution in [3.8, 4) is 0 Å². The van der Waals surface area contributed by atoms with Crippen molar-refractivity contribution < 1.29 is 9.47 Å². The van der Waals surface area contributed by atoms with Gasteiger partial charge < -0.3 is 14.0 Å². The summed E-state index contributed by atoms with van der Waals surface area (Å²) in [5.74, 6) is -0.570. The highest BCUT2D eigenvalue weighted by Gasteiger charge is 2.39. The van der Waals surface area contributed by atoms with Crippen molar-refractivity contribution in [2.24, 2.45) is 0 Å². The topological polar surface area (TPSA) is 36.3 Å². The van der Waals surface area contributed by atoms with E-state index in [1.54, 1.807) is 12.5 Å². The molecule has 2 aromatic rings. The maximum Gasteiger partial charge on any atom is 0.187 e. The molecule has 0 aliphatic carbocycles. The Bertz CT molecular complexity index is 570. The average Bonchev–Trinajstić information content (AvgIpc) is 3.09. The number of nitrogens with zero attached hydrogens (tertiary/aromatic N) is 2. The van der Waals surface area contributed by atoms with Gasteiger partial charge in [-0.25, -0.2) is 4.98 Å². The van der Waals surface area contributed by atoms with Crippen LogP contribution in [-0.4, -0.2) is 28.0 Å². The van der Waals surface area contributed by atoms with Crippen molar-refractivity contribution >= 4 is 11.6 Å². The Balaban J connectivity index is 1.69. The van der Waals surface area contributed by atoms with Gasteiger partial charge in [0.25, 0.3) is 0 Å². The van der Waals surface area contributed by atoms with E-state index in [1.807, 2.05) is 42.0 Å². The van der Waals surface area contributed by atoms with Gasteiger partial charge in [0.05, 0.1) is 25.6 Å². The number of halogens is 1. The van der Waals surface area contributed by atoms with Crippen molar-refractivity contribution in [2.75, 3.05) is 6.61 Å². The zero-order chi connectivity index (χ0) is 14.7. The zero-order valence-corrected chi connectivity index (χ0v) is 12.8. The molecule has 0 radical (unpaired) electrons. The summed E-state index contributed by atoms with van der Waals surface area (Å²) >= 11 is 5.92. The largest absolute Gasteiger partial charge is 0.345 e. The number of imidazole rings is 1.